The number of ether oxygens (including phenoxy) is 1. The summed E-state index contributed by atoms with van der Waals surface area (Å²) in [4.78, 5) is 16.6. The van der Waals surface area contributed by atoms with Gasteiger partial charge in [-0.05, 0) is 29.9 Å². The molecule has 0 spiro atoms. The molecule has 0 aliphatic carbocycles. The van der Waals surface area contributed by atoms with E-state index in [1.807, 2.05) is 36.4 Å². The van der Waals surface area contributed by atoms with Gasteiger partial charge in [0.2, 0.25) is 0 Å². The summed E-state index contributed by atoms with van der Waals surface area (Å²) in [5.74, 6) is 0.242. The Hall–Kier alpha value is -2.46. The summed E-state index contributed by atoms with van der Waals surface area (Å²) in [6, 6.07) is 9.32. The molecule has 1 heterocycles. The minimum Gasteiger partial charge on any atom is -0.445 e. The molecular formula is C16H20N4O2. The third kappa shape index (κ3) is 4.27. The maximum Gasteiger partial charge on any atom is 0.410 e. The molecule has 1 aliphatic rings. The van der Waals surface area contributed by atoms with Crippen molar-refractivity contribution in [1.82, 2.24) is 4.90 Å². The highest BCUT2D eigenvalue weighted by Gasteiger charge is 2.30. The van der Waals surface area contributed by atoms with Gasteiger partial charge in [-0.15, -0.1) is 6.58 Å². The molecule has 0 N–H and O–H groups in total. The van der Waals surface area contributed by atoms with E-state index in [-0.39, 0.29) is 24.7 Å². The molecule has 0 aromatic heterocycles. The molecule has 116 valence electrons. The molecule has 0 bridgehead atoms. The first-order valence-corrected chi connectivity index (χ1v) is 7.35. The van der Waals surface area contributed by atoms with E-state index in [0.29, 0.717) is 13.1 Å². The molecule has 1 fully saturated rings. The van der Waals surface area contributed by atoms with Gasteiger partial charge in [0.25, 0.3) is 0 Å². The van der Waals surface area contributed by atoms with Crippen molar-refractivity contribution in [1.29, 1.82) is 0 Å². The summed E-state index contributed by atoms with van der Waals surface area (Å²) in [7, 11) is 0. The smallest absolute Gasteiger partial charge is 0.410 e. The van der Waals surface area contributed by atoms with Crippen LogP contribution in [-0.4, -0.2) is 30.1 Å². The molecule has 0 radical (unpaired) electrons. The number of hydrogen-bond acceptors (Lipinski definition) is 3. The number of carbonyl (C=O) groups is 1. The van der Waals surface area contributed by atoms with E-state index >= 15 is 0 Å². The second-order valence-corrected chi connectivity index (χ2v) is 5.33. The van der Waals surface area contributed by atoms with Crippen LogP contribution in [0.25, 0.3) is 10.4 Å². The first-order valence-electron chi connectivity index (χ1n) is 7.35. The average Bonchev–Trinajstić information content (AvgIpc) is 2.55. The lowest BCUT2D eigenvalue weighted by atomic mass is 9.89. The van der Waals surface area contributed by atoms with Gasteiger partial charge in [0.15, 0.2) is 0 Å². The summed E-state index contributed by atoms with van der Waals surface area (Å²) in [5.41, 5.74) is 9.63. The SMILES string of the molecule is C=CCC1CCN(C(=O)OCc2ccccc2)CC1N=[N+]=[N-]. The average molecular weight is 300 g/mol. The van der Waals surface area contributed by atoms with Crippen LogP contribution >= 0.6 is 0 Å². The molecule has 2 unspecified atom stereocenters. The van der Waals surface area contributed by atoms with Crippen LogP contribution < -0.4 is 0 Å². The molecule has 1 aromatic rings. The van der Waals surface area contributed by atoms with Crippen molar-refractivity contribution < 1.29 is 9.53 Å². The lowest BCUT2D eigenvalue weighted by Crippen LogP contribution is -2.45. The van der Waals surface area contributed by atoms with Crippen LogP contribution in [0.2, 0.25) is 0 Å². The fourth-order valence-corrected chi connectivity index (χ4v) is 2.64. The molecule has 0 saturated carbocycles. The van der Waals surface area contributed by atoms with E-state index in [9.17, 15) is 4.79 Å². The lowest BCUT2D eigenvalue weighted by molar-refractivity contribution is 0.0772. The molecule has 6 nitrogen and oxygen atoms in total. The number of likely N-dealkylation sites (tertiary alicyclic amines) is 1. The van der Waals surface area contributed by atoms with Crippen LogP contribution in [0.15, 0.2) is 48.1 Å². The minimum atomic E-state index is -0.362. The van der Waals surface area contributed by atoms with Crippen molar-refractivity contribution in [2.45, 2.75) is 25.5 Å². The van der Waals surface area contributed by atoms with Gasteiger partial charge in [0.1, 0.15) is 6.61 Å². The Morgan fingerprint density at radius 1 is 1.50 bits per heavy atom. The van der Waals surface area contributed by atoms with Crippen molar-refractivity contribution in [2.24, 2.45) is 11.0 Å². The number of hydrogen-bond donors (Lipinski definition) is 0. The van der Waals surface area contributed by atoms with Crippen LogP contribution in [-0.2, 0) is 11.3 Å². The second-order valence-electron chi connectivity index (χ2n) is 5.33. The monoisotopic (exact) mass is 300 g/mol. The van der Waals surface area contributed by atoms with E-state index in [2.05, 4.69) is 16.6 Å². The zero-order valence-corrected chi connectivity index (χ0v) is 12.5. The first-order chi connectivity index (χ1) is 10.7. The largest absolute Gasteiger partial charge is 0.445 e. The second kappa shape index (κ2) is 8.10. The van der Waals surface area contributed by atoms with E-state index < -0.39 is 0 Å². The number of rotatable bonds is 5. The molecule has 1 aromatic carbocycles. The van der Waals surface area contributed by atoms with Gasteiger partial charge in [-0.2, -0.15) is 0 Å². The first kappa shape index (κ1) is 15.9. The third-order valence-corrected chi connectivity index (χ3v) is 3.85. The van der Waals surface area contributed by atoms with Crippen LogP contribution in [0, 0.1) is 5.92 Å². The van der Waals surface area contributed by atoms with Gasteiger partial charge in [-0.25, -0.2) is 4.79 Å². The molecule has 1 saturated heterocycles. The predicted octanol–water partition coefficient (Wildman–Crippen LogP) is 3.90. The number of piperidine rings is 1. The molecular weight excluding hydrogens is 280 g/mol. The summed E-state index contributed by atoms with van der Waals surface area (Å²) >= 11 is 0. The van der Waals surface area contributed by atoms with Crippen molar-refractivity contribution in [3.63, 3.8) is 0 Å². The van der Waals surface area contributed by atoms with Crippen LogP contribution in [0.4, 0.5) is 4.79 Å². The Bertz CT molecular complexity index is 555. The van der Waals surface area contributed by atoms with Gasteiger partial charge >= 0.3 is 6.09 Å². The van der Waals surface area contributed by atoms with E-state index in [0.717, 1.165) is 18.4 Å². The maximum atomic E-state index is 12.1. The summed E-state index contributed by atoms with van der Waals surface area (Å²) in [6.45, 7) is 4.99. The highest BCUT2D eigenvalue weighted by atomic mass is 16.6. The highest BCUT2D eigenvalue weighted by molar-refractivity contribution is 5.67. The molecule has 2 rings (SSSR count). The van der Waals surface area contributed by atoms with E-state index in [1.54, 1.807) is 4.90 Å². The summed E-state index contributed by atoms with van der Waals surface area (Å²) in [5, 5.41) is 3.82. The molecule has 22 heavy (non-hydrogen) atoms. The predicted molar refractivity (Wildman–Crippen MR) is 84.1 cm³/mol. The zero-order valence-electron chi connectivity index (χ0n) is 12.5. The van der Waals surface area contributed by atoms with Gasteiger partial charge in [0.05, 0.1) is 6.04 Å². The number of allylic oxidation sites excluding steroid dienone is 1. The Labute approximate surface area is 130 Å². The van der Waals surface area contributed by atoms with Gasteiger partial charge in [0, 0.05) is 18.0 Å². The fraction of sp³-hybridized carbons (Fsp3) is 0.438. The normalized spacial score (nSPS) is 20.8. The highest BCUT2D eigenvalue weighted by Crippen LogP contribution is 2.24. The summed E-state index contributed by atoms with van der Waals surface area (Å²) < 4.78 is 5.32. The molecule has 6 heteroatoms. The van der Waals surface area contributed by atoms with Gasteiger partial charge in [-0.3, -0.25) is 0 Å². The van der Waals surface area contributed by atoms with Crippen molar-refractivity contribution in [3.8, 4) is 0 Å². The Balaban J connectivity index is 1.90. The van der Waals surface area contributed by atoms with E-state index in [4.69, 9.17) is 10.3 Å². The van der Waals surface area contributed by atoms with Crippen molar-refractivity contribution >= 4 is 6.09 Å². The van der Waals surface area contributed by atoms with Gasteiger partial charge < -0.3 is 9.64 Å². The Morgan fingerprint density at radius 2 is 2.27 bits per heavy atom. The Morgan fingerprint density at radius 3 is 2.95 bits per heavy atom. The molecule has 1 aliphatic heterocycles. The quantitative estimate of drug-likeness (QED) is 0.358. The minimum absolute atomic E-state index is 0.221. The van der Waals surface area contributed by atoms with Crippen LogP contribution in [0.1, 0.15) is 18.4 Å². The number of benzene rings is 1. The Kier molecular flexibility index (Phi) is 5.86. The van der Waals surface area contributed by atoms with Crippen LogP contribution in [0.5, 0.6) is 0 Å². The van der Waals surface area contributed by atoms with Crippen molar-refractivity contribution in [3.05, 3.63) is 59.0 Å². The maximum absolute atomic E-state index is 12.1. The third-order valence-electron chi connectivity index (χ3n) is 3.85. The lowest BCUT2D eigenvalue weighted by Gasteiger charge is -2.35. The standard InChI is InChI=1S/C16H20N4O2/c1-2-6-14-9-10-20(11-15(14)18-19-17)16(21)22-12-13-7-4-3-5-8-13/h2-5,7-8,14-15H,1,6,9-12H2. The molecule has 1 amide bonds. The topological polar surface area (TPSA) is 78.3 Å². The zero-order chi connectivity index (χ0) is 15.8. The summed E-state index contributed by atoms with van der Waals surface area (Å²) in [6.07, 6.45) is 3.04. The number of nitrogens with zero attached hydrogens (tertiary/aromatic N) is 4. The number of azide groups is 1. The fourth-order valence-electron chi connectivity index (χ4n) is 2.64. The molecule has 2 atom stereocenters. The van der Waals surface area contributed by atoms with E-state index in [1.165, 1.54) is 0 Å². The van der Waals surface area contributed by atoms with Gasteiger partial charge in [-0.1, -0.05) is 41.5 Å². The number of carbonyl (C=O) groups excluding carboxylic acids is 1. The van der Waals surface area contributed by atoms with Crippen LogP contribution in [0.3, 0.4) is 0 Å². The van der Waals surface area contributed by atoms with Crippen molar-refractivity contribution in [2.75, 3.05) is 13.1 Å². The number of amides is 1.